The van der Waals surface area contributed by atoms with Gasteiger partial charge in [-0.25, -0.2) is 4.98 Å². The van der Waals surface area contributed by atoms with Crippen LogP contribution in [0.3, 0.4) is 0 Å². The van der Waals surface area contributed by atoms with Crippen molar-refractivity contribution in [2.24, 2.45) is 23.3 Å². The van der Waals surface area contributed by atoms with E-state index in [1.807, 2.05) is 31.7 Å². The summed E-state index contributed by atoms with van der Waals surface area (Å²) in [5, 5.41) is 53.2. The molecule has 35 nitrogen and oxygen atoms in total. The number of carbonyl (C=O) groups excluding carboxylic acids is 11. The number of para-hydroxylation sites is 1. The predicted octanol–water partition coefficient (Wildman–Crippen LogP) is -2.22. The molecule has 1 unspecified atom stereocenters. The molecule has 103 heavy (non-hydrogen) atoms. The standard InChI is InChI=1S/C68H108N18O17/c1-7-8-17-49(62(70)97)79-66(101)51(31-42(2)3)80-67(102)53(33-46-35-71-41-75-46)78-56(89)36-74-68(103)61(43(4)5)82-63(98)44(6)76-65(100)52(32-45-34-73-48-18-14-13-16-47(45)48)81-64(99)50(20-21-54(69)87)77-55(88)19-12-10-9-11-15-22-72-57(90)37-83-23-25-84(38-58(91)92)27-29-86(40-60(95)96)30-28-85(26-24-83)39-59(93)94/h13-14,16,18,34-35,41-44,49-53,61,73H,7-12,15,17,19-33,36-40H2,1-6H3,(H2,69,87)(H2,70,97)(H,71,75)(H,72,90)(H,74,103)(H,76,100)(H,77,88)(H,78,89)(H,79,101)(H,80,102)(H,81,99)(H,82,98)(H,91,92)(H,93,94)(H,95,96)/t44-,49?,50-,51-,52-,53-,61-/m0/s1. The molecule has 0 bridgehead atoms. The minimum Gasteiger partial charge on any atom is -0.480 e. The number of nitrogens with zero attached hydrogens (tertiary/aromatic N) is 5. The molecule has 1 aliphatic rings. The van der Waals surface area contributed by atoms with Gasteiger partial charge < -0.3 is 84.6 Å². The molecule has 572 valence electrons. The van der Waals surface area contributed by atoms with Crippen LogP contribution in [0, 0.1) is 11.8 Å². The minimum absolute atomic E-state index is 0.00860. The smallest absolute Gasteiger partial charge is 0.317 e. The van der Waals surface area contributed by atoms with Crippen LogP contribution in [0.4, 0.5) is 0 Å². The molecule has 0 spiro atoms. The van der Waals surface area contributed by atoms with Crippen LogP contribution >= 0.6 is 0 Å². The summed E-state index contributed by atoms with van der Waals surface area (Å²) in [6.07, 6.45) is 8.51. The van der Waals surface area contributed by atoms with Gasteiger partial charge in [-0.05, 0) is 62.5 Å². The monoisotopic (exact) mass is 1450 g/mol. The highest BCUT2D eigenvalue weighted by Crippen LogP contribution is 2.20. The van der Waals surface area contributed by atoms with Crippen LogP contribution < -0.4 is 59.3 Å². The lowest BCUT2D eigenvalue weighted by Crippen LogP contribution is -2.59. The number of aromatic nitrogens is 3. The first-order valence-electron chi connectivity index (χ1n) is 35.2. The number of amides is 11. The molecule has 3 heterocycles. The first kappa shape index (κ1) is 85.8. The highest BCUT2D eigenvalue weighted by atomic mass is 16.4. The van der Waals surface area contributed by atoms with Gasteiger partial charge in [0.2, 0.25) is 65.0 Å². The molecule has 0 saturated carbocycles. The fourth-order valence-electron chi connectivity index (χ4n) is 11.5. The van der Waals surface area contributed by atoms with E-state index < -0.39 is 132 Å². The SMILES string of the molecule is CCCCC(NC(=O)[C@H](CC(C)C)NC(=O)[C@H](Cc1cnc[nH]1)NC(=O)CNC(=O)[C@@H](NC(=O)[C@H](C)NC(=O)[C@H](Cc1c[nH]c2ccccc12)NC(=O)[C@H](CCC(N)=O)NC(=O)CCCCCCCNC(=O)CN1CCN(CC(=O)O)CCN(CC(=O)O)CCN(CC(=O)O)CC1)C(C)C)C(N)=O. The zero-order valence-corrected chi connectivity index (χ0v) is 60.0. The third kappa shape index (κ3) is 33.4. The van der Waals surface area contributed by atoms with Gasteiger partial charge in [-0.15, -0.1) is 0 Å². The number of unbranched alkanes of at least 4 members (excludes halogenated alkanes) is 5. The third-order valence-electron chi connectivity index (χ3n) is 17.2. The second kappa shape index (κ2) is 45.4. The molecular formula is C68H108N18O17. The summed E-state index contributed by atoms with van der Waals surface area (Å²) < 4.78 is 0. The number of aromatic amines is 2. The van der Waals surface area contributed by atoms with E-state index in [2.05, 4.69) is 62.8 Å². The number of H-pyrrole nitrogens is 2. The van der Waals surface area contributed by atoms with E-state index >= 15 is 0 Å². The molecule has 2 aromatic heterocycles. The number of benzene rings is 1. The fourth-order valence-corrected chi connectivity index (χ4v) is 11.5. The quantitative estimate of drug-likeness (QED) is 0.0267. The minimum atomic E-state index is -1.39. The molecule has 1 fully saturated rings. The number of primary amides is 2. The highest BCUT2D eigenvalue weighted by Gasteiger charge is 2.34. The summed E-state index contributed by atoms with van der Waals surface area (Å²) in [5.74, 6) is -11.6. The van der Waals surface area contributed by atoms with Gasteiger partial charge in [-0.1, -0.05) is 84.9 Å². The molecule has 0 aliphatic carbocycles. The van der Waals surface area contributed by atoms with Gasteiger partial charge in [-0.2, -0.15) is 0 Å². The number of imidazole rings is 1. The third-order valence-corrected chi connectivity index (χ3v) is 17.2. The van der Waals surface area contributed by atoms with Gasteiger partial charge in [0.15, 0.2) is 0 Å². The van der Waals surface area contributed by atoms with Crippen molar-refractivity contribution in [2.45, 2.75) is 174 Å². The number of carboxylic acids is 3. The molecular weight excluding hydrogens is 1340 g/mol. The summed E-state index contributed by atoms with van der Waals surface area (Å²) in [5.41, 5.74) is 12.9. The van der Waals surface area contributed by atoms with Gasteiger partial charge in [0.05, 0.1) is 39.1 Å². The normalized spacial score (nSPS) is 15.7. The zero-order chi connectivity index (χ0) is 76.1. The molecule has 18 N–H and O–H groups in total. The van der Waals surface area contributed by atoms with Crippen molar-refractivity contribution in [3.05, 3.63) is 54.2 Å². The van der Waals surface area contributed by atoms with Gasteiger partial charge in [0.1, 0.15) is 42.3 Å². The number of nitrogens with two attached hydrogens (primary N) is 2. The molecule has 35 heteroatoms. The van der Waals surface area contributed by atoms with Gasteiger partial charge in [0.25, 0.3) is 0 Å². The van der Waals surface area contributed by atoms with Crippen molar-refractivity contribution in [3.63, 3.8) is 0 Å². The van der Waals surface area contributed by atoms with E-state index in [1.54, 1.807) is 52.9 Å². The number of nitrogens with one attached hydrogen (secondary N) is 11. The predicted molar refractivity (Wildman–Crippen MR) is 377 cm³/mol. The van der Waals surface area contributed by atoms with E-state index in [1.165, 1.54) is 19.4 Å². The summed E-state index contributed by atoms with van der Waals surface area (Å²) in [6.45, 7) is 11.0. The van der Waals surface area contributed by atoms with E-state index in [0.29, 0.717) is 62.7 Å². The van der Waals surface area contributed by atoms with E-state index in [-0.39, 0.29) is 129 Å². The number of rotatable bonds is 45. The summed E-state index contributed by atoms with van der Waals surface area (Å²) in [7, 11) is 0. The Kier molecular flexibility index (Phi) is 37.8. The first-order valence-corrected chi connectivity index (χ1v) is 35.2. The van der Waals surface area contributed by atoms with Crippen LogP contribution in [0.1, 0.15) is 130 Å². The molecule has 0 radical (unpaired) electrons. The highest BCUT2D eigenvalue weighted by molar-refractivity contribution is 5.98. The number of fused-ring (bicyclic) bond motifs is 1. The van der Waals surface area contributed by atoms with Crippen molar-refractivity contribution < 1.29 is 82.4 Å². The summed E-state index contributed by atoms with van der Waals surface area (Å²) in [6, 6.07) is -1.52. The second-order valence-electron chi connectivity index (χ2n) is 26.8. The zero-order valence-electron chi connectivity index (χ0n) is 60.0. The molecule has 1 aromatic carbocycles. The van der Waals surface area contributed by atoms with Gasteiger partial charge >= 0.3 is 17.9 Å². The fraction of sp³-hybridized carbons (Fsp3) is 0.632. The lowest BCUT2D eigenvalue weighted by atomic mass is 10.0. The number of aliphatic carboxylic acids is 3. The van der Waals surface area contributed by atoms with Crippen molar-refractivity contribution in [1.82, 2.24) is 82.4 Å². The topological polar surface area (TPSA) is 517 Å². The van der Waals surface area contributed by atoms with Crippen molar-refractivity contribution in [2.75, 3.05) is 91.6 Å². The van der Waals surface area contributed by atoms with E-state index in [0.717, 1.165) is 17.3 Å². The van der Waals surface area contributed by atoms with Crippen molar-refractivity contribution in [3.8, 4) is 0 Å². The summed E-state index contributed by atoms with van der Waals surface area (Å²) >= 11 is 0. The Hall–Kier alpha value is -9.61. The Balaban J connectivity index is 1.34. The first-order chi connectivity index (χ1) is 48.9. The van der Waals surface area contributed by atoms with Crippen LogP contribution in [0.15, 0.2) is 43.0 Å². The van der Waals surface area contributed by atoms with Crippen LogP contribution in [0.5, 0.6) is 0 Å². The Morgan fingerprint density at radius 2 is 1.04 bits per heavy atom. The average molecular weight is 1450 g/mol. The maximum absolute atomic E-state index is 14.4. The van der Waals surface area contributed by atoms with Gasteiger partial charge in [0, 0.05) is 114 Å². The Bertz CT molecular complexity index is 3260. The van der Waals surface area contributed by atoms with Gasteiger partial charge in [-0.3, -0.25) is 86.7 Å². The number of hydrogen-bond acceptors (Lipinski definition) is 19. The number of hydrogen-bond donors (Lipinski definition) is 16. The second-order valence-corrected chi connectivity index (χ2v) is 26.8. The molecule has 1 aliphatic heterocycles. The van der Waals surface area contributed by atoms with Crippen LogP contribution in [0.2, 0.25) is 0 Å². The maximum Gasteiger partial charge on any atom is 0.317 e. The molecule has 11 amide bonds. The van der Waals surface area contributed by atoms with E-state index in [4.69, 9.17) is 11.5 Å². The molecule has 4 rings (SSSR count). The van der Waals surface area contributed by atoms with Crippen molar-refractivity contribution in [1.29, 1.82) is 0 Å². The summed E-state index contributed by atoms with van der Waals surface area (Å²) in [4.78, 5) is 200. The van der Waals surface area contributed by atoms with Crippen LogP contribution in [-0.4, -0.2) is 267 Å². The van der Waals surface area contributed by atoms with E-state index in [9.17, 15) is 82.4 Å². The van der Waals surface area contributed by atoms with Crippen molar-refractivity contribution >= 4 is 93.8 Å². The largest absolute Gasteiger partial charge is 0.480 e. The average Bonchev–Trinajstić information content (AvgIpc) is 1.57. The maximum atomic E-state index is 14.4. The number of carboxylic acid groups (broad SMARTS) is 3. The lowest BCUT2D eigenvalue weighted by molar-refractivity contribution is -0.140. The molecule has 3 aromatic rings. The van der Waals surface area contributed by atoms with Crippen LogP contribution in [0.25, 0.3) is 10.9 Å². The molecule has 7 atom stereocenters. The lowest BCUT2D eigenvalue weighted by Gasteiger charge is -2.32. The van der Waals surface area contributed by atoms with Crippen LogP contribution in [-0.2, 0) is 80.0 Å². The Morgan fingerprint density at radius 3 is 1.59 bits per heavy atom. The number of carbonyl (C=O) groups is 14. The molecule has 1 saturated heterocycles. The Labute approximate surface area is 599 Å². The Morgan fingerprint density at radius 1 is 0.515 bits per heavy atom.